The molecule has 0 fully saturated rings. The molecule has 0 aliphatic rings. The predicted octanol–water partition coefficient (Wildman–Crippen LogP) is 0.264. The highest BCUT2D eigenvalue weighted by molar-refractivity contribution is 6.33. The molecular weight excluding hydrogens is 124 g/mol. The summed E-state index contributed by atoms with van der Waals surface area (Å²) >= 11 is 0. The number of allylic oxidation sites excluding steroid dienone is 1. The summed E-state index contributed by atoms with van der Waals surface area (Å²) in [5.74, 6) is -0.0728. The quantitative estimate of drug-likeness (QED) is 0.238. The number of aldehydes is 1. The molecule has 8 heavy (non-hydrogen) atoms. The Morgan fingerprint density at radius 1 is 1.88 bits per heavy atom. The van der Waals surface area contributed by atoms with Crippen molar-refractivity contribution in [2.24, 2.45) is 0 Å². The first-order valence-corrected chi connectivity index (χ1v) is 3.81. The van der Waals surface area contributed by atoms with Gasteiger partial charge in [-0.2, -0.15) is 0 Å². The molecule has 0 N–H and O–H groups in total. The second-order valence-corrected chi connectivity index (χ2v) is 2.37. The molecule has 0 bridgehead atoms. The average molecular weight is 130 g/mol. The highest BCUT2D eigenvalue weighted by Crippen LogP contribution is 1.84. The highest BCUT2D eigenvalue weighted by Gasteiger charge is 1.97. The first-order valence-electron chi connectivity index (χ1n) is 1.99. The third-order valence-electron chi connectivity index (χ3n) is 0.406. The van der Waals surface area contributed by atoms with E-state index in [0.29, 0.717) is 6.29 Å². The molecule has 0 atom stereocenters. The summed E-state index contributed by atoms with van der Waals surface area (Å²) < 4.78 is 14.5. The Kier molecular flexibility index (Phi) is 2.94. The van der Waals surface area contributed by atoms with E-state index in [1.165, 1.54) is 6.55 Å². The summed E-state index contributed by atoms with van der Waals surface area (Å²) in [4.78, 5) is 9.69. The molecular formula is C4H6O3Si. The lowest BCUT2D eigenvalue weighted by Crippen LogP contribution is -2.00. The molecule has 0 aliphatic carbocycles. The van der Waals surface area contributed by atoms with E-state index in [0.717, 1.165) is 0 Å². The number of carbonyl (C=O) groups is 1. The molecule has 44 valence electrons. The van der Waals surface area contributed by atoms with E-state index in [1.54, 1.807) is 0 Å². The summed E-state index contributed by atoms with van der Waals surface area (Å²) in [5.41, 5.74) is 0. The molecule has 0 saturated carbocycles. The number of hydrogen-bond acceptors (Lipinski definition) is 3. The van der Waals surface area contributed by atoms with Gasteiger partial charge >= 0.3 is 8.93 Å². The maximum Gasteiger partial charge on any atom is 0.504 e. The van der Waals surface area contributed by atoms with Crippen LogP contribution in [-0.2, 0) is 13.7 Å². The molecule has 0 radical (unpaired) electrons. The Morgan fingerprint density at radius 2 is 2.38 bits per heavy atom. The summed E-state index contributed by atoms with van der Waals surface area (Å²) in [6.07, 6.45) is 0.423. The van der Waals surface area contributed by atoms with Crippen LogP contribution in [0.3, 0.4) is 0 Å². The normalized spacial score (nSPS) is 7.62. The summed E-state index contributed by atoms with van der Waals surface area (Å²) in [5, 5.41) is 0. The average Bonchev–Trinajstić information content (AvgIpc) is 1.65. The standard InChI is InChI=1S/C4H6O3Si/c1-4(3-5)7-8(2)6/h3H,1H2,2H3. The number of carbonyl (C=O) groups excluding carboxylic acids is 1. The lowest BCUT2D eigenvalue weighted by atomic mass is 10.7. The van der Waals surface area contributed by atoms with E-state index < -0.39 is 8.93 Å². The van der Waals surface area contributed by atoms with E-state index in [-0.39, 0.29) is 5.76 Å². The first kappa shape index (κ1) is 7.23. The second-order valence-electron chi connectivity index (χ2n) is 1.18. The monoisotopic (exact) mass is 130 g/mol. The molecule has 0 spiro atoms. The molecule has 0 aromatic rings. The predicted molar refractivity (Wildman–Crippen MR) is 28.6 cm³/mol. The maximum absolute atomic E-state index is 10.2. The van der Waals surface area contributed by atoms with Crippen molar-refractivity contribution in [2.45, 2.75) is 6.55 Å². The fourth-order valence-corrected chi connectivity index (χ4v) is 0.626. The van der Waals surface area contributed by atoms with Gasteiger partial charge in [0.25, 0.3) is 0 Å². The minimum absolute atomic E-state index is 0.0728. The van der Waals surface area contributed by atoms with Gasteiger partial charge in [0.2, 0.25) is 0 Å². The van der Waals surface area contributed by atoms with Gasteiger partial charge in [0, 0.05) is 6.55 Å². The maximum atomic E-state index is 10.2. The largest absolute Gasteiger partial charge is 0.504 e. The minimum Gasteiger partial charge on any atom is -0.485 e. The van der Waals surface area contributed by atoms with E-state index >= 15 is 0 Å². The van der Waals surface area contributed by atoms with Gasteiger partial charge in [0.1, 0.15) is 5.76 Å². The summed E-state index contributed by atoms with van der Waals surface area (Å²) in [6.45, 7) is 4.54. The number of hydrogen-bond donors (Lipinski definition) is 0. The van der Waals surface area contributed by atoms with Crippen LogP contribution in [0.2, 0.25) is 6.55 Å². The van der Waals surface area contributed by atoms with E-state index in [4.69, 9.17) is 0 Å². The van der Waals surface area contributed by atoms with E-state index in [9.17, 15) is 9.26 Å². The Bertz CT molecular complexity index is 129. The van der Waals surface area contributed by atoms with Crippen LogP contribution in [0.25, 0.3) is 0 Å². The zero-order valence-electron chi connectivity index (χ0n) is 4.51. The van der Waals surface area contributed by atoms with Crippen LogP contribution in [0.15, 0.2) is 12.3 Å². The van der Waals surface area contributed by atoms with E-state index in [1.807, 2.05) is 0 Å². The van der Waals surface area contributed by atoms with Gasteiger partial charge < -0.3 is 8.89 Å². The van der Waals surface area contributed by atoms with Crippen molar-refractivity contribution >= 4 is 15.2 Å². The smallest absolute Gasteiger partial charge is 0.485 e. The van der Waals surface area contributed by atoms with Crippen molar-refractivity contribution in [3.8, 4) is 0 Å². The SMILES string of the molecule is C=C(C=O)O[Si](C)=O. The van der Waals surface area contributed by atoms with Gasteiger partial charge in [-0.15, -0.1) is 0 Å². The Labute approximate surface area is 48.7 Å². The van der Waals surface area contributed by atoms with Crippen LogP contribution in [0.5, 0.6) is 0 Å². The topological polar surface area (TPSA) is 43.4 Å². The van der Waals surface area contributed by atoms with Crippen molar-refractivity contribution in [1.82, 2.24) is 0 Å². The van der Waals surface area contributed by atoms with Gasteiger partial charge in [-0.1, -0.05) is 6.58 Å². The van der Waals surface area contributed by atoms with Crippen molar-refractivity contribution in [3.05, 3.63) is 12.3 Å². The first-order chi connectivity index (χ1) is 3.66. The van der Waals surface area contributed by atoms with Crippen molar-refractivity contribution in [2.75, 3.05) is 0 Å². The molecule has 0 amide bonds. The molecule has 0 aromatic heterocycles. The molecule has 0 unspecified atom stereocenters. The van der Waals surface area contributed by atoms with Gasteiger partial charge in [0.05, 0.1) is 0 Å². The Hall–Kier alpha value is -0.773. The highest BCUT2D eigenvalue weighted by atomic mass is 28.3. The van der Waals surface area contributed by atoms with Crippen molar-refractivity contribution < 1.29 is 13.7 Å². The third-order valence-corrected chi connectivity index (χ3v) is 0.956. The third kappa shape index (κ3) is 3.42. The van der Waals surface area contributed by atoms with Crippen LogP contribution in [0.1, 0.15) is 0 Å². The van der Waals surface area contributed by atoms with Crippen molar-refractivity contribution in [3.63, 3.8) is 0 Å². The molecule has 0 rings (SSSR count). The Morgan fingerprint density at radius 3 is 2.50 bits per heavy atom. The van der Waals surface area contributed by atoms with Gasteiger partial charge in [-0.05, 0) is 0 Å². The molecule has 0 aromatic carbocycles. The van der Waals surface area contributed by atoms with Crippen LogP contribution >= 0.6 is 0 Å². The van der Waals surface area contributed by atoms with Crippen LogP contribution in [0, 0.1) is 0 Å². The van der Waals surface area contributed by atoms with Gasteiger partial charge in [-0.3, -0.25) is 4.79 Å². The zero-order valence-corrected chi connectivity index (χ0v) is 5.51. The van der Waals surface area contributed by atoms with Gasteiger partial charge in [0.15, 0.2) is 6.29 Å². The van der Waals surface area contributed by atoms with Crippen molar-refractivity contribution in [1.29, 1.82) is 0 Å². The molecule has 0 aliphatic heterocycles. The van der Waals surface area contributed by atoms with Gasteiger partial charge in [-0.25, -0.2) is 0 Å². The lowest BCUT2D eigenvalue weighted by molar-refractivity contribution is -0.106. The molecule has 0 heterocycles. The fourth-order valence-electron chi connectivity index (χ4n) is 0.209. The fraction of sp³-hybridized carbons (Fsp3) is 0.250. The zero-order chi connectivity index (χ0) is 6.57. The summed E-state index contributed by atoms with van der Waals surface area (Å²) in [6, 6.07) is 0. The number of rotatable bonds is 3. The molecule has 3 nitrogen and oxygen atoms in total. The van der Waals surface area contributed by atoms with Crippen LogP contribution < -0.4 is 0 Å². The molecule has 0 saturated heterocycles. The van der Waals surface area contributed by atoms with Crippen LogP contribution in [0.4, 0.5) is 0 Å². The Balaban J connectivity index is 3.55. The lowest BCUT2D eigenvalue weighted by Gasteiger charge is -1.92. The van der Waals surface area contributed by atoms with Crippen LogP contribution in [-0.4, -0.2) is 15.2 Å². The second kappa shape index (κ2) is 3.26. The summed E-state index contributed by atoms with van der Waals surface area (Å²) in [7, 11) is -2.03. The minimum atomic E-state index is -2.03. The molecule has 4 heteroatoms. The van der Waals surface area contributed by atoms with E-state index in [2.05, 4.69) is 11.0 Å².